The molecule has 0 saturated heterocycles. The van der Waals surface area contributed by atoms with Crippen LogP contribution in [0.1, 0.15) is 29.7 Å². The smallest absolute Gasteiger partial charge is 0.244 e. The topological polar surface area (TPSA) is 47.6 Å². The van der Waals surface area contributed by atoms with Crippen LogP contribution in [-0.4, -0.2) is 19.6 Å². The van der Waals surface area contributed by atoms with Crippen LogP contribution in [-0.2, 0) is 4.79 Å². The molecule has 2 rings (SSSR count). The molecule has 0 spiro atoms. The Bertz CT molecular complexity index is 796. The highest BCUT2D eigenvalue weighted by molar-refractivity contribution is 5.92. The average molecular weight is 351 g/mol. The van der Waals surface area contributed by atoms with Gasteiger partial charge in [0.05, 0.1) is 13.2 Å². The van der Waals surface area contributed by atoms with E-state index in [4.69, 9.17) is 9.47 Å². The Labute approximate surface area is 155 Å². The molecule has 0 aromatic heterocycles. The molecule has 0 saturated carbocycles. The molecule has 0 aliphatic heterocycles. The lowest BCUT2D eigenvalue weighted by molar-refractivity contribution is -0.117. The van der Waals surface area contributed by atoms with E-state index < -0.39 is 0 Å². The minimum atomic E-state index is -0.147. The van der Waals surface area contributed by atoms with Gasteiger partial charge in [-0.05, 0) is 48.7 Å². The highest BCUT2D eigenvalue weighted by Crippen LogP contribution is 2.28. The van der Waals surface area contributed by atoms with E-state index in [0.29, 0.717) is 18.1 Å². The van der Waals surface area contributed by atoms with Crippen molar-refractivity contribution in [1.82, 2.24) is 5.32 Å². The number of hydrogen-bond donors (Lipinski definition) is 1. The fraction of sp³-hybridized carbons (Fsp3) is 0.227. The van der Waals surface area contributed by atoms with Gasteiger partial charge in [-0.3, -0.25) is 4.79 Å². The van der Waals surface area contributed by atoms with Crippen molar-refractivity contribution in [2.75, 3.05) is 13.7 Å². The molecule has 1 N–H and O–H groups in total. The number of aryl methyl sites for hydroxylation is 1. The molecule has 4 heteroatoms. The second-order valence-electron chi connectivity index (χ2n) is 5.93. The molecular weight excluding hydrogens is 326 g/mol. The second-order valence-corrected chi connectivity index (χ2v) is 5.93. The number of ether oxygens (including phenoxy) is 2. The molecule has 4 nitrogen and oxygen atoms in total. The van der Waals surface area contributed by atoms with Crippen molar-refractivity contribution in [3.05, 3.63) is 77.9 Å². The maximum absolute atomic E-state index is 12.2. The summed E-state index contributed by atoms with van der Waals surface area (Å²) in [5.41, 5.74) is 3.12. The van der Waals surface area contributed by atoms with Gasteiger partial charge in [0.25, 0.3) is 0 Å². The number of hydrogen-bond acceptors (Lipinski definition) is 3. The molecule has 0 radical (unpaired) electrons. The summed E-state index contributed by atoms with van der Waals surface area (Å²) in [4.78, 5) is 12.2. The van der Waals surface area contributed by atoms with E-state index in [-0.39, 0.29) is 11.9 Å². The standard InChI is InChI=1S/C22H25NO3/c1-5-14-26-20-12-10-18(15-21(20)25-4)11-13-22(24)23-17(3)19-9-7-6-8-16(19)2/h5-13,15,17H,1,14H2,2-4H3,(H,23,24)/b13-11+. The molecule has 26 heavy (non-hydrogen) atoms. The maximum Gasteiger partial charge on any atom is 0.244 e. The Hall–Kier alpha value is -3.01. The van der Waals surface area contributed by atoms with E-state index >= 15 is 0 Å². The molecule has 136 valence electrons. The first-order valence-electron chi connectivity index (χ1n) is 8.51. The first-order valence-corrected chi connectivity index (χ1v) is 8.51. The summed E-state index contributed by atoms with van der Waals surface area (Å²) >= 11 is 0. The predicted octanol–water partition coefficient (Wildman–Crippen LogP) is 4.46. The zero-order valence-corrected chi connectivity index (χ0v) is 15.5. The zero-order chi connectivity index (χ0) is 18.9. The van der Waals surface area contributed by atoms with Crippen LogP contribution in [0.5, 0.6) is 11.5 Å². The third-order valence-electron chi connectivity index (χ3n) is 3.99. The number of nitrogens with one attached hydrogen (secondary N) is 1. The Morgan fingerprint density at radius 2 is 2.00 bits per heavy atom. The van der Waals surface area contributed by atoms with Crippen LogP contribution < -0.4 is 14.8 Å². The summed E-state index contributed by atoms with van der Waals surface area (Å²) in [6.07, 6.45) is 4.95. The normalized spacial score (nSPS) is 11.8. The predicted molar refractivity (Wildman–Crippen MR) is 105 cm³/mol. The van der Waals surface area contributed by atoms with Gasteiger partial charge in [-0.2, -0.15) is 0 Å². The zero-order valence-electron chi connectivity index (χ0n) is 15.5. The molecule has 0 heterocycles. The first-order chi connectivity index (χ1) is 12.5. The van der Waals surface area contributed by atoms with Crippen LogP contribution in [0.25, 0.3) is 6.08 Å². The van der Waals surface area contributed by atoms with Crippen molar-refractivity contribution < 1.29 is 14.3 Å². The van der Waals surface area contributed by atoms with E-state index in [1.54, 1.807) is 19.3 Å². The van der Waals surface area contributed by atoms with Gasteiger partial charge in [0, 0.05) is 6.08 Å². The van der Waals surface area contributed by atoms with E-state index in [1.165, 1.54) is 6.08 Å². The average Bonchev–Trinajstić information content (AvgIpc) is 2.65. The Morgan fingerprint density at radius 3 is 2.69 bits per heavy atom. The molecular formula is C22H25NO3. The monoisotopic (exact) mass is 351 g/mol. The van der Waals surface area contributed by atoms with E-state index in [1.807, 2.05) is 56.3 Å². The van der Waals surface area contributed by atoms with Crippen molar-refractivity contribution in [1.29, 1.82) is 0 Å². The van der Waals surface area contributed by atoms with Gasteiger partial charge in [0.15, 0.2) is 11.5 Å². The fourth-order valence-electron chi connectivity index (χ4n) is 2.64. The third kappa shape index (κ3) is 5.24. The summed E-state index contributed by atoms with van der Waals surface area (Å²) in [6.45, 7) is 8.05. The minimum absolute atomic E-state index is 0.0578. The Balaban J connectivity index is 2.03. The van der Waals surface area contributed by atoms with Gasteiger partial charge in [-0.25, -0.2) is 0 Å². The minimum Gasteiger partial charge on any atom is -0.493 e. The number of carbonyl (C=O) groups is 1. The lowest BCUT2D eigenvalue weighted by atomic mass is 10.0. The maximum atomic E-state index is 12.2. The largest absolute Gasteiger partial charge is 0.493 e. The summed E-state index contributed by atoms with van der Waals surface area (Å²) in [7, 11) is 1.58. The highest BCUT2D eigenvalue weighted by Gasteiger charge is 2.09. The van der Waals surface area contributed by atoms with E-state index in [2.05, 4.69) is 11.9 Å². The fourth-order valence-corrected chi connectivity index (χ4v) is 2.64. The summed E-state index contributed by atoms with van der Waals surface area (Å²) in [5, 5.41) is 2.98. The number of rotatable bonds is 8. The molecule has 1 unspecified atom stereocenters. The molecule has 2 aromatic rings. The van der Waals surface area contributed by atoms with Crippen molar-refractivity contribution in [2.45, 2.75) is 19.9 Å². The van der Waals surface area contributed by atoms with Gasteiger partial charge >= 0.3 is 0 Å². The van der Waals surface area contributed by atoms with Crippen LogP contribution in [0.2, 0.25) is 0 Å². The van der Waals surface area contributed by atoms with Gasteiger partial charge in [-0.15, -0.1) is 0 Å². The van der Waals surface area contributed by atoms with Crippen molar-refractivity contribution in [3.8, 4) is 11.5 Å². The number of amides is 1. The molecule has 0 fully saturated rings. The lowest BCUT2D eigenvalue weighted by Crippen LogP contribution is -2.25. The van der Waals surface area contributed by atoms with Gasteiger partial charge in [0.1, 0.15) is 6.61 Å². The van der Waals surface area contributed by atoms with Gasteiger partial charge in [-0.1, -0.05) is 43.0 Å². The van der Waals surface area contributed by atoms with E-state index in [0.717, 1.165) is 16.7 Å². The molecule has 0 bridgehead atoms. The number of methoxy groups -OCH3 is 1. The van der Waals surface area contributed by atoms with Crippen LogP contribution in [0, 0.1) is 6.92 Å². The summed E-state index contributed by atoms with van der Waals surface area (Å²) < 4.78 is 10.9. The van der Waals surface area contributed by atoms with Crippen LogP contribution in [0.15, 0.2) is 61.2 Å². The molecule has 0 aliphatic carbocycles. The van der Waals surface area contributed by atoms with Crippen LogP contribution in [0.4, 0.5) is 0 Å². The van der Waals surface area contributed by atoms with Gasteiger partial charge in [0.2, 0.25) is 5.91 Å². The third-order valence-corrected chi connectivity index (χ3v) is 3.99. The van der Waals surface area contributed by atoms with E-state index in [9.17, 15) is 4.79 Å². The Morgan fingerprint density at radius 1 is 1.23 bits per heavy atom. The quantitative estimate of drug-likeness (QED) is 0.564. The van der Waals surface area contributed by atoms with Crippen molar-refractivity contribution >= 4 is 12.0 Å². The SMILES string of the molecule is C=CCOc1ccc(/C=C/C(=O)NC(C)c2ccccc2C)cc1OC. The number of benzene rings is 2. The molecule has 0 aliphatic rings. The first kappa shape index (κ1) is 19.3. The second kappa shape index (κ2) is 9.47. The van der Waals surface area contributed by atoms with Crippen LogP contribution >= 0.6 is 0 Å². The van der Waals surface area contributed by atoms with Crippen LogP contribution in [0.3, 0.4) is 0 Å². The molecule has 1 amide bonds. The van der Waals surface area contributed by atoms with Crippen molar-refractivity contribution in [3.63, 3.8) is 0 Å². The molecule has 1 atom stereocenters. The molecule has 2 aromatic carbocycles. The summed E-state index contributed by atoms with van der Waals surface area (Å²) in [6, 6.07) is 13.5. The Kier molecular flexibility index (Phi) is 7.03. The number of carbonyl (C=O) groups excluding carboxylic acids is 1. The lowest BCUT2D eigenvalue weighted by Gasteiger charge is -2.15. The summed E-state index contributed by atoms with van der Waals surface area (Å²) in [5.74, 6) is 1.11. The highest BCUT2D eigenvalue weighted by atomic mass is 16.5. The van der Waals surface area contributed by atoms with Crippen molar-refractivity contribution in [2.24, 2.45) is 0 Å². The van der Waals surface area contributed by atoms with Gasteiger partial charge < -0.3 is 14.8 Å².